The fourth-order valence-corrected chi connectivity index (χ4v) is 2.30. The van der Waals surface area contributed by atoms with Gasteiger partial charge in [-0.3, -0.25) is 0 Å². The van der Waals surface area contributed by atoms with Crippen LogP contribution >= 0.6 is 22.9 Å². The smallest absolute Gasteiger partial charge is 0.151 e. The summed E-state index contributed by atoms with van der Waals surface area (Å²) in [7, 11) is 1.70. The lowest BCUT2D eigenvalue weighted by molar-refractivity contribution is 0.195. The molecule has 0 N–H and O–H groups in total. The highest BCUT2D eigenvalue weighted by atomic mass is 35.5. The van der Waals surface area contributed by atoms with Crippen molar-refractivity contribution in [1.29, 1.82) is 0 Å². The molecule has 0 saturated heterocycles. The second-order valence-corrected chi connectivity index (χ2v) is 4.79. The molecule has 6 heteroatoms. The highest BCUT2D eigenvalue weighted by Crippen LogP contribution is 2.21. The molecule has 0 fully saturated rings. The molecule has 0 radical (unpaired) electrons. The van der Waals surface area contributed by atoms with Gasteiger partial charge < -0.3 is 4.74 Å². The highest BCUT2D eigenvalue weighted by molar-refractivity contribution is 7.09. The Morgan fingerprint density at radius 3 is 2.88 bits per heavy atom. The normalized spacial score (nSPS) is 10.7. The first-order chi connectivity index (χ1) is 8.29. The van der Waals surface area contributed by atoms with E-state index < -0.39 is 0 Å². The summed E-state index contributed by atoms with van der Waals surface area (Å²) < 4.78 is 5.01. The molecule has 0 unspecified atom stereocenters. The van der Waals surface area contributed by atoms with Crippen LogP contribution in [0.15, 0.2) is 17.5 Å². The van der Waals surface area contributed by atoms with Crippen LogP contribution in [0.25, 0.3) is 11.4 Å². The summed E-state index contributed by atoms with van der Waals surface area (Å²) in [6.45, 7) is 0.760. The summed E-state index contributed by atoms with van der Waals surface area (Å²) in [6, 6.07) is 3.54. The van der Waals surface area contributed by atoms with Gasteiger partial charge >= 0.3 is 0 Å². The van der Waals surface area contributed by atoms with Gasteiger partial charge in [-0.25, -0.2) is 4.98 Å². The van der Waals surface area contributed by atoms with E-state index in [4.69, 9.17) is 16.3 Å². The Bertz CT molecular complexity index is 472. The number of methoxy groups -OCH3 is 1. The summed E-state index contributed by atoms with van der Waals surface area (Å²) in [5, 5.41) is 11.3. The summed E-state index contributed by atoms with van der Waals surface area (Å²) >= 11 is 7.32. The van der Waals surface area contributed by atoms with Gasteiger partial charge in [0.25, 0.3) is 0 Å². The second-order valence-electron chi connectivity index (χ2n) is 3.46. The van der Waals surface area contributed by atoms with Gasteiger partial charge in [0.1, 0.15) is 11.4 Å². The number of rotatable bonds is 5. The van der Waals surface area contributed by atoms with Crippen molar-refractivity contribution in [2.24, 2.45) is 0 Å². The van der Waals surface area contributed by atoms with Crippen LogP contribution in [0, 0.1) is 0 Å². The van der Waals surface area contributed by atoms with E-state index in [0.29, 0.717) is 5.15 Å². The first kappa shape index (κ1) is 12.4. The lowest BCUT2D eigenvalue weighted by Gasteiger charge is -1.96. The van der Waals surface area contributed by atoms with E-state index in [0.717, 1.165) is 35.8 Å². The number of hydrogen-bond acceptors (Lipinski definition) is 5. The molecule has 0 amide bonds. The SMILES string of the molecule is COCCCc1nc(-c2ccc(Cl)nn2)cs1. The van der Waals surface area contributed by atoms with Gasteiger partial charge in [0.05, 0.1) is 5.01 Å². The topological polar surface area (TPSA) is 47.9 Å². The molecule has 2 heterocycles. The van der Waals surface area contributed by atoms with E-state index >= 15 is 0 Å². The van der Waals surface area contributed by atoms with Gasteiger partial charge in [-0.05, 0) is 18.6 Å². The largest absolute Gasteiger partial charge is 0.385 e. The quantitative estimate of drug-likeness (QED) is 0.783. The van der Waals surface area contributed by atoms with E-state index in [9.17, 15) is 0 Å². The minimum Gasteiger partial charge on any atom is -0.385 e. The molecular weight excluding hydrogens is 258 g/mol. The molecule has 0 spiro atoms. The first-order valence-corrected chi connectivity index (χ1v) is 6.48. The number of ether oxygens (including phenoxy) is 1. The number of nitrogens with zero attached hydrogens (tertiary/aromatic N) is 3. The molecule has 90 valence electrons. The van der Waals surface area contributed by atoms with Crippen LogP contribution in [0.4, 0.5) is 0 Å². The molecule has 0 bridgehead atoms. The highest BCUT2D eigenvalue weighted by Gasteiger charge is 2.06. The first-order valence-electron chi connectivity index (χ1n) is 5.22. The molecule has 4 nitrogen and oxygen atoms in total. The molecule has 0 atom stereocenters. The van der Waals surface area contributed by atoms with Crippen molar-refractivity contribution in [2.45, 2.75) is 12.8 Å². The Hall–Kier alpha value is -1.04. The van der Waals surface area contributed by atoms with Gasteiger partial charge in [0.15, 0.2) is 5.15 Å². The Morgan fingerprint density at radius 2 is 2.18 bits per heavy atom. The number of thiazole rings is 1. The van der Waals surface area contributed by atoms with Crippen LogP contribution in [-0.4, -0.2) is 28.9 Å². The van der Waals surface area contributed by atoms with Crippen molar-refractivity contribution in [2.75, 3.05) is 13.7 Å². The molecule has 2 rings (SSSR count). The van der Waals surface area contributed by atoms with Gasteiger partial charge in [0, 0.05) is 25.5 Å². The van der Waals surface area contributed by atoms with Crippen molar-refractivity contribution in [3.8, 4) is 11.4 Å². The fraction of sp³-hybridized carbons (Fsp3) is 0.364. The zero-order chi connectivity index (χ0) is 12.1. The molecule has 0 aliphatic heterocycles. The van der Waals surface area contributed by atoms with Crippen molar-refractivity contribution >= 4 is 22.9 Å². The molecule has 0 aliphatic carbocycles. The maximum atomic E-state index is 5.68. The average molecular weight is 270 g/mol. The molecule has 0 aliphatic rings. The third kappa shape index (κ3) is 3.46. The summed E-state index contributed by atoms with van der Waals surface area (Å²) in [5.74, 6) is 0. The summed E-state index contributed by atoms with van der Waals surface area (Å²) in [6.07, 6.45) is 1.91. The lowest BCUT2D eigenvalue weighted by atomic mass is 10.3. The minimum absolute atomic E-state index is 0.393. The zero-order valence-corrected chi connectivity index (χ0v) is 11.0. The van der Waals surface area contributed by atoms with Crippen LogP contribution in [0.5, 0.6) is 0 Å². The predicted molar refractivity (Wildman–Crippen MR) is 68.3 cm³/mol. The van der Waals surface area contributed by atoms with E-state index in [1.807, 2.05) is 11.4 Å². The molecule has 0 saturated carbocycles. The molecule has 17 heavy (non-hydrogen) atoms. The van der Waals surface area contributed by atoms with Crippen molar-refractivity contribution < 1.29 is 4.74 Å². The second kappa shape index (κ2) is 6.05. The Labute approximate surface area is 109 Å². The van der Waals surface area contributed by atoms with Gasteiger partial charge in [0.2, 0.25) is 0 Å². The van der Waals surface area contributed by atoms with Crippen molar-refractivity contribution in [1.82, 2.24) is 15.2 Å². The van der Waals surface area contributed by atoms with Crippen LogP contribution < -0.4 is 0 Å². The van der Waals surface area contributed by atoms with Gasteiger partial charge in [-0.2, -0.15) is 0 Å². The number of aryl methyl sites for hydroxylation is 1. The standard InChI is InChI=1S/C11H12ClN3OS/c1-16-6-2-3-11-13-9(7-17-11)8-4-5-10(12)15-14-8/h4-5,7H,2-3,6H2,1H3. The van der Waals surface area contributed by atoms with Crippen LogP contribution in [-0.2, 0) is 11.2 Å². The van der Waals surface area contributed by atoms with Crippen molar-refractivity contribution in [3.63, 3.8) is 0 Å². The number of hydrogen-bond donors (Lipinski definition) is 0. The van der Waals surface area contributed by atoms with Crippen LogP contribution in [0.1, 0.15) is 11.4 Å². The predicted octanol–water partition coefficient (Wildman–Crippen LogP) is 2.83. The Morgan fingerprint density at radius 1 is 1.29 bits per heavy atom. The lowest BCUT2D eigenvalue weighted by Crippen LogP contribution is -1.92. The van der Waals surface area contributed by atoms with E-state index in [-0.39, 0.29) is 0 Å². The van der Waals surface area contributed by atoms with E-state index in [2.05, 4.69) is 15.2 Å². The number of halogens is 1. The fourth-order valence-electron chi connectivity index (χ4n) is 1.36. The van der Waals surface area contributed by atoms with E-state index in [1.54, 1.807) is 24.5 Å². The van der Waals surface area contributed by atoms with Gasteiger partial charge in [-0.1, -0.05) is 11.6 Å². The minimum atomic E-state index is 0.393. The molecular formula is C11H12ClN3OS. The summed E-state index contributed by atoms with van der Waals surface area (Å²) in [4.78, 5) is 4.50. The van der Waals surface area contributed by atoms with Gasteiger partial charge in [-0.15, -0.1) is 21.5 Å². The maximum absolute atomic E-state index is 5.68. The Kier molecular flexibility index (Phi) is 4.42. The molecule has 2 aromatic heterocycles. The third-order valence-corrected chi connectivity index (χ3v) is 3.30. The number of aromatic nitrogens is 3. The van der Waals surface area contributed by atoms with Crippen molar-refractivity contribution in [3.05, 3.63) is 27.7 Å². The zero-order valence-electron chi connectivity index (χ0n) is 9.39. The van der Waals surface area contributed by atoms with Crippen LogP contribution in [0.2, 0.25) is 5.15 Å². The monoisotopic (exact) mass is 269 g/mol. The molecule has 2 aromatic rings. The van der Waals surface area contributed by atoms with E-state index in [1.165, 1.54) is 0 Å². The third-order valence-electron chi connectivity index (χ3n) is 2.19. The molecule has 0 aromatic carbocycles. The summed E-state index contributed by atoms with van der Waals surface area (Å²) in [5.41, 5.74) is 1.61. The van der Waals surface area contributed by atoms with Crippen LogP contribution in [0.3, 0.4) is 0 Å². The maximum Gasteiger partial charge on any atom is 0.151 e. The average Bonchev–Trinajstić information content (AvgIpc) is 2.79. The Balaban J connectivity index is 2.04.